The van der Waals surface area contributed by atoms with Crippen molar-refractivity contribution in [3.8, 4) is 11.5 Å². The molecule has 9 heteroatoms. The number of pyridine rings is 1. The van der Waals surface area contributed by atoms with Crippen molar-refractivity contribution in [1.82, 2.24) is 4.98 Å². The Morgan fingerprint density at radius 1 is 1.05 bits per heavy atom. The predicted molar refractivity (Wildman–Crippen MR) is 133 cm³/mol. The zero-order valence-electron chi connectivity index (χ0n) is 20.0. The van der Waals surface area contributed by atoms with E-state index in [1.807, 2.05) is 0 Å². The molecule has 1 saturated heterocycles. The fourth-order valence-corrected chi connectivity index (χ4v) is 4.42. The molecule has 1 fully saturated rings. The third kappa shape index (κ3) is 4.63. The smallest absolute Gasteiger partial charge is 0.310 e. The number of Topliss-reactive ketones (excluding diaryl/α,β-unsaturated/α-hetero) is 1. The van der Waals surface area contributed by atoms with E-state index >= 15 is 0 Å². The number of anilines is 1. The van der Waals surface area contributed by atoms with Gasteiger partial charge in [-0.1, -0.05) is 18.2 Å². The Morgan fingerprint density at radius 3 is 2.51 bits per heavy atom. The van der Waals surface area contributed by atoms with Crippen LogP contribution in [0.15, 0.2) is 72.4 Å². The Kier molecular flexibility index (Phi) is 6.59. The Morgan fingerprint density at radius 2 is 1.81 bits per heavy atom. The highest BCUT2D eigenvalue weighted by Gasteiger charge is 2.47. The molecular weight excluding hydrogens is 476 g/mol. The average Bonchev–Trinajstić information content (AvgIpc) is 3.19. The van der Waals surface area contributed by atoms with Crippen LogP contribution in [0.4, 0.5) is 5.69 Å². The second-order valence-corrected chi connectivity index (χ2v) is 8.43. The topological polar surface area (TPSA) is 115 Å². The molecule has 1 amide bonds. The molecule has 2 aliphatic rings. The zero-order chi connectivity index (χ0) is 25.9. The lowest BCUT2D eigenvalue weighted by Crippen LogP contribution is -2.29. The highest BCUT2D eigenvalue weighted by Crippen LogP contribution is 2.42. The molecule has 0 aliphatic carbocycles. The molecule has 2 aromatic carbocycles. The maximum absolute atomic E-state index is 13.3. The van der Waals surface area contributed by atoms with Crippen molar-refractivity contribution in [3.63, 3.8) is 0 Å². The molecule has 1 atom stereocenters. The summed E-state index contributed by atoms with van der Waals surface area (Å²) in [5, 5.41) is 11.3. The first-order chi connectivity index (χ1) is 18.0. The van der Waals surface area contributed by atoms with Gasteiger partial charge in [-0.3, -0.25) is 24.3 Å². The van der Waals surface area contributed by atoms with E-state index in [9.17, 15) is 19.5 Å². The van der Waals surface area contributed by atoms with Crippen molar-refractivity contribution >= 4 is 29.1 Å². The minimum atomic E-state index is -0.967. The molecule has 2 aliphatic heterocycles. The van der Waals surface area contributed by atoms with Crippen molar-refractivity contribution in [2.75, 3.05) is 24.7 Å². The minimum absolute atomic E-state index is 0.0840. The molecule has 3 heterocycles. The average molecular weight is 501 g/mol. The number of benzene rings is 2. The number of rotatable bonds is 6. The fourth-order valence-electron chi connectivity index (χ4n) is 4.42. The SMILES string of the molecule is CCOC(=O)Cc1ccc(N2C(=O)C(=O)/C(=C(\O)c3ccc4c(c3)OCCO4)C2c2ccccn2)cc1. The monoisotopic (exact) mass is 500 g/mol. The number of nitrogens with zero attached hydrogens (tertiary/aromatic N) is 2. The highest BCUT2D eigenvalue weighted by atomic mass is 16.6. The van der Waals surface area contributed by atoms with Crippen LogP contribution in [0, 0.1) is 0 Å². The van der Waals surface area contributed by atoms with E-state index in [1.165, 1.54) is 4.90 Å². The maximum atomic E-state index is 13.3. The molecule has 5 rings (SSSR count). The number of hydrogen-bond donors (Lipinski definition) is 1. The van der Waals surface area contributed by atoms with Gasteiger partial charge in [-0.15, -0.1) is 0 Å². The lowest BCUT2D eigenvalue weighted by atomic mass is 9.98. The second kappa shape index (κ2) is 10.1. The molecule has 3 aromatic rings. The van der Waals surface area contributed by atoms with Gasteiger partial charge in [0, 0.05) is 17.4 Å². The molecule has 1 unspecified atom stereocenters. The van der Waals surface area contributed by atoms with Crippen LogP contribution < -0.4 is 14.4 Å². The van der Waals surface area contributed by atoms with Gasteiger partial charge in [0.05, 0.1) is 24.3 Å². The molecule has 0 spiro atoms. The minimum Gasteiger partial charge on any atom is -0.507 e. The van der Waals surface area contributed by atoms with Crippen molar-refractivity contribution in [1.29, 1.82) is 0 Å². The molecule has 188 valence electrons. The van der Waals surface area contributed by atoms with E-state index in [2.05, 4.69) is 4.98 Å². The number of ether oxygens (including phenoxy) is 3. The Labute approximate surface area is 212 Å². The van der Waals surface area contributed by atoms with Crippen LogP contribution in [0.1, 0.15) is 29.8 Å². The van der Waals surface area contributed by atoms with Crippen LogP contribution in [-0.4, -0.2) is 47.6 Å². The lowest BCUT2D eigenvalue weighted by Gasteiger charge is -2.25. The molecule has 37 heavy (non-hydrogen) atoms. The normalized spacial score (nSPS) is 18.1. The van der Waals surface area contributed by atoms with Crippen LogP contribution in [-0.2, 0) is 25.5 Å². The first kappa shape index (κ1) is 24.1. The summed E-state index contributed by atoms with van der Waals surface area (Å²) in [4.78, 5) is 44.1. The molecule has 0 bridgehead atoms. The first-order valence-electron chi connectivity index (χ1n) is 11.8. The number of esters is 1. The highest BCUT2D eigenvalue weighted by molar-refractivity contribution is 6.51. The Hall–Kier alpha value is -4.66. The third-order valence-corrected chi connectivity index (χ3v) is 6.10. The summed E-state index contributed by atoms with van der Waals surface area (Å²) < 4.78 is 16.1. The van der Waals surface area contributed by atoms with Crippen molar-refractivity contribution in [3.05, 3.63) is 89.3 Å². The van der Waals surface area contributed by atoms with Crippen LogP contribution in [0.5, 0.6) is 11.5 Å². The summed E-state index contributed by atoms with van der Waals surface area (Å²) in [6.45, 7) is 2.80. The van der Waals surface area contributed by atoms with Gasteiger partial charge in [-0.2, -0.15) is 0 Å². The van der Waals surface area contributed by atoms with E-state index in [1.54, 1.807) is 73.8 Å². The number of carbonyl (C=O) groups excluding carboxylic acids is 3. The number of hydrogen-bond acceptors (Lipinski definition) is 8. The summed E-state index contributed by atoms with van der Waals surface area (Å²) in [6.07, 6.45) is 1.64. The first-order valence-corrected chi connectivity index (χ1v) is 11.8. The van der Waals surface area contributed by atoms with Crippen molar-refractivity contribution < 1.29 is 33.7 Å². The number of carbonyl (C=O) groups is 3. The Balaban J connectivity index is 1.57. The molecule has 0 radical (unpaired) electrons. The summed E-state index contributed by atoms with van der Waals surface area (Å²) in [7, 11) is 0. The maximum Gasteiger partial charge on any atom is 0.310 e. The van der Waals surface area contributed by atoms with Gasteiger partial charge in [0.2, 0.25) is 0 Å². The van der Waals surface area contributed by atoms with Crippen molar-refractivity contribution in [2.24, 2.45) is 0 Å². The van der Waals surface area contributed by atoms with E-state index in [4.69, 9.17) is 14.2 Å². The molecular formula is C28H24N2O7. The van der Waals surface area contributed by atoms with Crippen molar-refractivity contribution in [2.45, 2.75) is 19.4 Å². The standard InChI is InChI=1S/C28H24N2O7/c1-2-35-23(31)15-17-6-9-19(10-7-17)30-25(20-5-3-4-12-29-20)24(27(33)28(30)34)26(32)18-8-11-21-22(16-18)37-14-13-36-21/h3-12,16,25,32H,2,13-15H2,1H3/b26-24-. The van der Waals surface area contributed by atoms with Gasteiger partial charge < -0.3 is 19.3 Å². The molecule has 0 saturated carbocycles. The number of ketones is 1. The lowest BCUT2D eigenvalue weighted by molar-refractivity contribution is -0.142. The predicted octanol–water partition coefficient (Wildman–Crippen LogP) is 3.58. The summed E-state index contributed by atoms with van der Waals surface area (Å²) in [6, 6.07) is 15.7. The summed E-state index contributed by atoms with van der Waals surface area (Å²) >= 11 is 0. The van der Waals surface area contributed by atoms with E-state index in [-0.39, 0.29) is 30.3 Å². The van der Waals surface area contributed by atoms with Crippen LogP contribution in [0.2, 0.25) is 0 Å². The van der Waals surface area contributed by atoms with Gasteiger partial charge in [0.1, 0.15) is 25.0 Å². The number of amides is 1. The summed E-state index contributed by atoms with van der Waals surface area (Å²) in [5.41, 5.74) is 1.76. The number of aliphatic hydroxyl groups is 1. The van der Waals surface area contributed by atoms with Gasteiger partial charge in [-0.25, -0.2) is 0 Å². The van der Waals surface area contributed by atoms with E-state index < -0.39 is 17.7 Å². The molecule has 1 N–H and O–H groups in total. The third-order valence-electron chi connectivity index (χ3n) is 6.10. The fraction of sp³-hybridized carbons (Fsp3) is 0.214. The Bertz CT molecular complexity index is 1380. The van der Waals surface area contributed by atoms with Gasteiger partial charge in [0.15, 0.2) is 11.5 Å². The molecule has 9 nitrogen and oxygen atoms in total. The quantitative estimate of drug-likeness (QED) is 0.236. The second-order valence-electron chi connectivity index (χ2n) is 8.43. The van der Waals surface area contributed by atoms with E-state index in [0.29, 0.717) is 47.2 Å². The van der Waals surface area contributed by atoms with Gasteiger partial charge >= 0.3 is 5.97 Å². The number of aliphatic hydroxyl groups excluding tert-OH is 1. The van der Waals surface area contributed by atoms with E-state index in [0.717, 1.165) is 0 Å². The van der Waals surface area contributed by atoms with Gasteiger partial charge in [0.25, 0.3) is 11.7 Å². The van der Waals surface area contributed by atoms with Gasteiger partial charge in [-0.05, 0) is 55.0 Å². The van der Waals surface area contributed by atoms with Crippen LogP contribution in [0.3, 0.4) is 0 Å². The van der Waals surface area contributed by atoms with Crippen LogP contribution >= 0.6 is 0 Å². The molecule has 1 aromatic heterocycles. The van der Waals surface area contributed by atoms with Crippen LogP contribution in [0.25, 0.3) is 5.76 Å². The number of aromatic nitrogens is 1. The largest absolute Gasteiger partial charge is 0.507 e. The summed E-state index contributed by atoms with van der Waals surface area (Å²) in [5.74, 6) is -1.36. The number of fused-ring (bicyclic) bond motifs is 1. The zero-order valence-corrected chi connectivity index (χ0v) is 20.0.